The van der Waals surface area contributed by atoms with Gasteiger partial charge in [0, 0.05) is 17.6 Å². The molecule has 0 atom stereocenters. The maximum Gasteiger partial charge on any atom is 0.409 e. The fraction of sp³-hybridized carbons (Fsp3) is 0.417. The summed E-state index contributed by atoms with van der Waals surface area (Å²) in [6, 6.07) is 8.17. The first-order chi connectivity index (χ1) is 7.75. The average molecular weight is 284 g/mol. The highest BCUT2D eigenvalue weighted by Crippen LogP contribution is 2.12. The van der Waals surface area contributed by atoms with E-state index in [0.29, 0.717) is 6.61 Å². The molecule has 0 spiro atoms. The zero-order valence-corrected chi connectivity index (χ0v) is 10.6. The van der Waals surface area contributed by atoms with E-state index in [0.717, 1.165) is 30.4 Å². The van der Waals surface area contributed by atoms with E-state index in [1.165, 1.54) is 5.56 Å². The lowest BCUT2D eigenvalue weighted by atomic mass is 10.1. The first kappa shape index (κ1) is 11.5. The SMILES string of the molecule is O=C1OCCCN1CCc1ccc(Br)cc1. The van der Waals surface area contributed by atoms with Crippen molar-refractivity contribution in [2.45, 2.75) is 12.8 Å². The van der Waals surface area contributed by atoms with Crippen LogP contribution in [0.15, 0.2) is 28.7 Å². The third-order valence-corrected chi connectivity index (χ3v) is 3.17. The molecule has 0 aromatic heterocycles. The number of amides is 1. The van der Waals surface area contributed by atoms with Crippen LogP contribution < -0.4 is 0 Å². The predicted molar refractivity (Wildman–Crippen MR) is 65.4 cm³/mol. The van der Waals surface area contributed by atoms with Crippen molar-refractivity contribution in [2.75, 3.05) is 19.7 Å². The quantitative estimate of drug-likeness (QED) is 0.854. The molecule has 86 valence electrons. The topological polar surface area (TPSA) is 29.5 Å². The van der Waals surface area contributed by atoms with Crippen molar-refractivity contribution in [3.8, 4) is 0 Å². The summed E-state index contributed by atoms with van der Waals surface area (Å²) in [4.78, 5) is 13.1. The Balaban J connectivity index is 1.86. The minimum atomic E-state index is -0.177. The molecule has 0 bridgehead atoms. The highest BCUT2D eigenvalue weighted by molar-refractivity contribution is 9.10. The maximum atomic E-state index is 11.4. The molecule has 16 heavy (non-hydrogen) atoms. The first-order valence-electron chi connectivity index (χ1n) is 5.42. The molecule has 4 heteroatoms. The second-order valence-electron chi connectivity index (χ2n) is 3.83. The summed E-state index contributed by atoms with van der Waals surface area (Å²) in [6.07, 6.45) is 1.64. The van der Waals surface area contributed by atoms with Gasteiger partial charge in [-0.15, -0.1) is 0 Å². The van der Waals surface area contributed by atoms with Crippen molar-refractivity contribution < 1.29 is 9.53 Å². The van der Waals surface area contributed by atoms with Crippen LogP contribution >= 0.6 is 15.9 Å². The average Bonchev–Trinajstić information content (AvgIpc) is 2.30. The van der Waals surface area contributed by atoms with E-state index in [4.69, 9.17) is 4.74 Å². The number of carbonyl (C=O) groups is 1. The van der Waals surface area contributed by atoms with Gasteiger partial charge in [-0.3, -0.25) is 0 Å². The number of cyclic esters (lactones) is 1. The van der Waals surface area contributed by atoms with Crippen molar-refractivity contribution in [3.63, 3.8) is 0 Å². The monoisotopic (exact) mass is 283 g/mol. The Hall–Kier alpha value is -1.03. The summed E-state index contributed by atoms with van der Waals surface area (Å²) in [6.45, 7) is 2.11. The molecule has 0 unspecified atom stereocenters. The van der Waals surface area contributed by atoms with Crippen LogP contribution in [0.5, 0.6) is 0 Å². The number of hydrogen-bond donors (Lipinski definition) is 0. The van der Waals surface area contributed by atoms with Gasteiger partial charge < -0.3 is 9.64 Å². The van der Waals surface area contributed by atoms with Gasteiger partial charge in [0.2, 0.25) is 0 Å². The van der Waals surface area contributed by atoms with Gasteiger partial charge in [0.1, 0.15) is 0 Å². The molecule has 1 aromatic rings. The van der Waals surface area contributed by atoms with Crippen LogP contribution in [0.3, 0.4) is 0 Å². The number of ether oxygens (including phenoxy) is 1. The molecule has 3 nitrogen and oxygen atoms in total. The standard InChI is InChI=1S/C12H14BrNO2/c13-11-4-2-10(3-5-11)6-8-14-7-1-9-16-12(14)15/h2-5H,1,6-9H2. The molecule has 1 amide bonds. The highest BCUT2D eigenvalue weighted by atomic mass is 79.9. The van der Waals surface area contributed by atoms with E-state index >= 15 is 0 Å². The Bertz CT molecular complexity index is 364. The van der Waals surface area contributed by atoms with Crippen molar-refractivity contribution in [1.29, 1.82) is 0 Å². The van der Waals surface area contributed by atoms with Crippen LogP contribution in [0, 0.1) is 0 Å². The van der Waals surface area contributed by atoms with E-state index in [1.54, 1.807) is 4.90 Å². The second-order valence-corrected chi connectivity index (χ2v) is 4.75. The molecule has 0 aliphatic carbocycles. The van der Waals surface area contributed by atoms with Gasteiger partial charge >= 0.3 is 6.09 Å². The van der Waals surface area contributed by atoms with Crippen LogP contribution in [0.4, 0.5) is 4.79 Å². The number of nitrogens with zero attached hydrogens (tertiary/aromatic N) is 1. The summed E-state index contributed by atoms with van der Waals surface area (Å²) in [5.41, 5.74) is 1.24. The number of rotatable bonds is 3. The van der Waals surface area contributed by atoms with Gasteiger partial charge in [-0.05, 0) is 30.5 Å². The lowest BCUT2D eigenvalue weighted by molar-refractivity contribution is 0.0735. The van der Waals surface area contributed by atoms with Gasteiger partial charge in [0.15, 0.2) is 0 Å². The Labute approximate surface area is 104 Å². The Kier molecular flexibility index (Phi) is 3.83. The van der Waals surface area contributed by atoms with Crippen molar-refractivity contribution in [3.05, 3.63) is 34.3 Å². The molecular weight excluding hydrogens is 270 g/mol. The Morgan fingerprint density at radius 3 is 2.75 bits per heavy atom. The van der Waals surface area contributed by atoms with E-state index in [2.05, 4.69) is 28.1 Å². The molecular formula is C12H14BrNO2. The van der Waals surface area contributed by atoms with E-state index in [-0.39, 0.29) is 6.09 Å². The molecule has 0 N–H and O–H groups in total. The van der Waals surface area contributed by atoms with Crippen LogP contribution in [0.25, 0.3) is 0 Å². The molecule has 1 aliphatic heterocycles. The normalized spacial score (nSPS) is 16.1. The van der Waals surface area contributed by atoms with Gasteiger partial charge in [-0.1, -0.05) is 28.1 Å². The minimum absolute atomic E-state index is 0.177. The summed E-state index contributed by atoms with van der Waals surface area (Å²) in [5, 5.41) is 0. The largest absolute Gasteiger partial charge is 0.449 e. The van der Waals surface area contributed by atoms with E-state index in [9.17, 15) is 4.79 Å². The van der Waals surface area contributed by atoms with Crippen molar-refractivity contribution in [1.82, 2.24) is 4.90 Å². The molecule has 1 fully saturated rings. The number of halogens is 1. The summed E-state index contributed by atoms with van der Waals surface area (Å²) in [5.74, 6) is 0. The van der Waals surface area contributed by atoms with Gasteiger partial charge in [0.05, 0.1) is 6.61 Å². The van der Waals surface area contributed by atoms with Crippen molar-refractivity contribution in [2.24, 2.45) is 0 Å². The molecule has 0 saturated carbocycles. The van der Waals surface area contributed by atoms with Crippen LogP contribution in [-0.2, 0) is 11.2 Å². The summed E-state index contributed by atoms with van der Waals surface area (Å²) in [7, 11) is 0. The molecule has 0 radical (unpaired) electrons. The molecule has 1 aliphatic rings. The molecule has 1 saturated heterocycles. The highest BCUT2D eigenvalue weighted by Gasteiger charge is 2.18. The number of benzene rings is 1. The third-order valence-electron chi connectivity index (χ3n) is 2.64. The van der Waals surface area contributed by atoms with E-state index < -0.39 is 0 Å². The lowest BCUT2D eigenvalue weighted by Crippen LogP contribution is -2.38. The zero-order chi connectivity index (χ0) is 11.4. The minimum Gasteiger partial charge on any atom is -0.449 e. The van der Waals surface area contributed by atoms with Crippen LogP contribution in [0.1, 0.15) is 12.0 Å². The molecule has 1 aromatic carbocycles. The summed E-state index contributed by atoms with van der Waals surface area (Å²) >= 11 is 3.40. The molecule has 2 rings (SSSR count). The van der Waals surface area contributed by atoms with Gasteiger partial charge in [0.25, 0.3) is 0 Å². The fourth-order valence-electron chi connectivity index (χ4n) is 1.72. The third kappa shape index (κ3) is 2.98. The lowest BCUT2D eigenvalue weighted by Gasteiger charge is -2.26. The summed E-state index contributed by atoms with van der Waals surface area (Å²) < 4.78 is 6.05. The first-order valence-corrected chi connectivity index (χ1v) is 6.21. The van der Waals surface area contributed by atoms with Crippen LogP contribution in [-0.4, -0.2) is 30.7 Å². The van der Waals surface area contributed by atoms with Gasteiger partial charge in [-0.25, -0.2) is 4.79 Å². The number of hydrogen-bond acceptors (Lipinski definition) is 2. The molecule has 1 heterocycles. The Morgan fingerprint density at radius 1 is 1.31 bits per heavy atom. The van der Waals surface area contributed by atoms with Crippen molar-refractivity contribution >= 4 is 22.0 Å². The van der Waals surface area contributed by atoms with E-state index in [1.807, 2.05) is 12.1 Å². The number of carbonyl (C=O) groups excluding carboxylic acids is 1. The fourth-order valence-corrected chi connectivity index (χ4v) is 1.98. The van der Waals surface area contributed by atoms with Crippen LogP contribution in [0.2, 0.25) is 0 Å². The second kappa shape index (κ2) is 5.34. The zero-order valence-electron chi connectivity index (χ0n) is 8.99. The smallest absolute Gasteiger partial charge is 0.409 e. The Morgan fingerprint density at radius 2 is 2.06 bits per heavy atom. The van der Waals surface area contributed by atoms with Gasteiger partial charge in [-0.2, -0.15) is 0 Å². The predicted octanol–water partition coefficient (Wildman–Crippen LogP) is 2.83. The maximum absolute atomic E-state index is 11.4.